The van der Waals surface area contributed by atoms with Crippen molar-refractivity contribution in [3.8, 4) is 17.0 Å². The summed E-state index contributed by atoms with van der Waals surface area (Å²) in [7, 11) is 2.95. The van der Waals surface area contributed by atoms with Crippen molar-refractivity contribution in [2.45, 2.75) is 31.7 Å². The average Bonchev–Trinajstić information content (AvgIpc) is 3.64. The van der Waals surface area contributed by atoms with E-state index < -0.39 is 5.91 Å². The van der Waals surface area contributed by atoms with E-state index in [9.17, 15) is 9.59 Å². The summed E-state index contributed by atoms with van der Waals surface area (Å²) in [6.45, 7) is 2.44. The molecule has 1 aliphatic rings. The second-order valence-corrected chi connectivity index (χ2v) is 9.00. The first kappa shape index (κ1) is 24.4. The Morgan fingerprint density at radius 2 is 1.73 bits per heavy atom. The number of nitrogens with zero attached hydrogens (tertiary/aromatic N) is 6. The zero-order valence-electron chi connectivity index (χ0n) is 20.9. The van der Waals surface area contributed by atoms with Crippen LogP contribution < -0.4 is 0 Å². The minimum absolute atomic E-state index is 0.0201. The molecule has 37 heavy (non-hydrogen) atoms. The van der Waals surface area contributed by atoms with Crippen molar-refractivity contribution in [3.63, 3.8) is 0 Å². The van der Waals surface area contributed by atoms with Gasteiger partial charge in [-0.15, -0.1) is 0 Å². The van der Waals surface area contributed by atoms with Gasteiger partial charge in [-0.25, -0.2) is 10.0 Å². The summed E-state index contributed by atoms with van der Waals surface area (Å²) in [5, 5.41) is 9.52. The van der Waals surface area contributed by atoms with Crippen LogP contribution in [0.4, 0.5) is 0 Å². The highest BCUT2D eigenvalue weighted by atomic mass is 16.7. The van der Waals surface area contributed by atoms with Crippen molar-refractivity contribution in [2.24, 2.45) is 0 Å². The maximum absolute atomic E-state index is 13.8. The summed E-state index contributed by atoms with van der Waals surface area (Å²) in [5.74, 6) is 0.117. The molecule has 10 heteroatoms. The van der Waals surface area contributed by atoms with Crippen LogP contribution in [-0.4, -0.2) is 68.5 Å². The number of hydroxylamine groups is 2. The van der Waals surface area contributed by atoms with Crippen LogP contribution >= 0.6 is 0 Å². The third-order valence-electron chi connectivity index (χ3n) is 6.70. The highest BCUT2D eigenvalue weighted by molar-refractivity contribution is 5.98. The fourth-order valence-electron chi connectivity index (χ4n) is 4.59. The van der Waals surface area contributed by atoms with Crippen LogP contribution in [0.25, 0.3) is 17.0 Å². The summed E-state index contributed by atoms with van der Waals surface area (Å²) in [4.78, 5) is 39.8. The van der Waals surface area contributed by atoms with E-state index >= 15 is 0 Å². The van der Waals surface area contributed by atoms with Crippen molar-refractivity contribution in [3.05, 3.63) is 84.1 Å². The summed E-state index contributed by atoms with van der Waals surface area (Å²) in [6.07, 6.45) is 4.69. The molecule has 1 fully saturated rings. The Bertz CT molecular complexity index is 1390. The normalized spacial score (nSPS) is 17.5. The largest absolute Gasteiger partial charge is 0.439 e. The maximum atomic E-state index is 13.8. The van der Waals surface area contributed by atoms with Crippen molar-refractivity contribution in [1.82, 2.24) is 29.9 Å². The predicted octanol–water partition coefficient (Wildman–Crippen LogP) is 3.96. The van der Waals surface area contributed by atoms with Gasteiger partial charge in [-0.1, -0.05) is 42.5 Å². The number of likely N-dealkylation sites (tertiary alicyclic amines) is 1. The van der Waals surface area contributed by atoms with Crippen molar-refractivity contribution >= 4 is 11.8 Å². The zero-order chi connectivity index (χ0) is 25.9. The Balaban J connectivity index is 1.47. The molecule has 1 aliphatic heterocycles. The van der Waals surface area contributed by atoms with Gasteiger partial charge in [-0.3, -0.25) is 14.4 Å². The van der Waals surface area contributed by atoms with Crippen LogP contribution in [0.3, 0.4) is 0 Å². The average molecular weight is 501 g/mol. The Kier molecular flexibility index (Phi) is 6.82. The number of benzene rings is 2. The van der Waals surface area contributed by atoms with Crippen LogP contribution in [0.5, 0.6) is 0 Å². The maximum Gasteiger partial charge on any atom is 0.299 e. The molecule has 1 saturated heterocycles. The smallest absolute Gasteiger partial charge is 0.299 e. The van der Waals surface area contributed by atoms with E-state index in [1.807, 2.05) is 60.4 Å². The number of carbonyl (C=O) groups is 2. The van der Waals surface area contributed by atoms with Gasteiger partial charge in [-0.05, 0) is 31.9 Å². The Hall–Kier alpha value is -4.31. The van der Waals surface area contributed by atoms with Gasteiger partial charge in [0.15, 0.2) is 11.5 Å². The molecular weight excluding hydrogens is 472 g/mol. The topological polar surface area (TPSA) is 107 Å². The summed E-state index contributed by atoms with van der Waals surface area (Å²) < 4.78 is 6.23. The third-order valence-corrected chi connectivity index (χ3v) is 6.70. The highest BCUT2D eigenvalue weighted by Crippen LogP contribution is 2.35. The molecule has 0 aliphatic carbocycles. The quantitative estimate of drug-likeness (QED) is 0.369. The van der Waals surface area contributed by atoms with Crippen LogP contribution in [0, 0.1) is 0 Å². The molecule has 2 aromatic carbocycles. The van der Waals surface area contributed by atoms with Crippen molar-refractivity contribution < 1.29 is 18.8 Å². The number of hydrogen-bond acceptors (Lipinski definition) is 7. The van der Waals surface area contributed by atoms with Gasteiger partial charge in [0.2, 0.25) is 5.89 Å². The zero-order valence-corrected chi connectivity index (χ0v) is 20.9. The highest BCUT2D eigenvalue weighted by Gasteiger charge is 2.35. The molecule has 0 spiro atoms. The molecule has 10 nitrogen and oxygen atoms in total. The van der Waals surface area contributed by atoms with E-state index in [2.05, 4.69) is 15.2 Å². The molecule has 5 rings (SSSR count). The predicted molar refractivity (Wildman–Crippen MR) is 135 cm³/mol. The van der Waals surface area contributed by atoms with Crippen molar-refractivity contribution in [1.29, 1.82) is 0 Å². The van der Waals surface area contributed by atoms with Gasteiger partial charge < -0.3 is 9.32 Å². The monoisotopic (exact) mass is 500 g/mol. The lowest BCUT2D eigenvalue weighted by Crippen LogP contribution is -2.45. The number of piperidine rings is 1. The minimum atomic E-state index is -0.408. The first-order valence-electron chi connectivity index (χ1n) is 12.1. The van der Waals surface area contributed by atoms with Gasteiger partial charge in [0.1, 0.15) is 0 Å². The molecule has 0 bridgehead atoms. The molecule has 2 atom stereocenters. The first-order valence-corrected chi connectivity index (χ1v) is 12.1. The summed E-state index contributed by atoms with van der Waals surface area (Å²) in [6, 6.07) is 16.7. The molecule has 0 radical (unpaired) electrons. The Labute approximate surface area is 214 Å². The van der Waals surface area contributed by atoms with Crippen LogP contribution in [0.1, 0.15) is 52.4 Å². The second kappa shape index (κ2) is 10.4. The first-order chi connectivity index (χ1) is 18.0. The number of aromatic nitrogens is 4. The molecule has 0 N–H and O–H groups in total. The molecule has 0 saturated carbocycles. The Morgan fingerprint density at radius 3 is 2.46 bits per heavy atom. The number of carbonyl (C=O) groups excluding carboxylic acids is 2. The van der Waals surface area contributed by atoms with Crippen molar-refractivity contribution in [2.75, 3.05) is 20.7 Å². The number of para-hydroxylation sites is 1. The molecule has 3 heterocycles. The fourth-order valence-corrected chi connectivity index (χ4v) is 4.59. The van der Waals surface area contributed by atoms with Gasteiger partial charge in [-0.2, -0.15) is 15.0 Å². The van der Waals surface area contributed by atoms with Crippen LogP contribution in [0.2, 0.25) is 0 Å². The van der Waals surface area contributed by atoms with Gasteiger partial charge in [0.05, 0.1) is 36.7 Å². The molecule has 190 valence electrons. The van der Waals surface area contributed by atoms with Gasteiger partial charge >= 0.3 is 0 Å². The van der Waals surface area contributed by atoms with E-state index in [1.165, 1.54) is 19.0 Å². The molecule has 2 amide bonds. The number of amides is 2. The summed E-state index contributed by atoms with van der Waals surface area (Å²) in [5.41, 5.74) is 2.05. The summed E-state index contributed by atoms with van der Waals surface area (Å²) >= 11 is 0. The second-order valence-electron chi connectivity index (χ2n) is 9.00. The molecular formula is C27H28N6O4. The van der Waals surface area contributed by atoms with Crippen LogP contribution in [0.15, 0.2) is 71.4 Å². The standard InChI is InChI=1S/C27H28N6O4/c1-18-13-14-20(17-32(18)26(34)21-11-7-8-12-22(21)33-28-15-16-29-33)25-30-23(27(35)31(2)36-3)24(37-25)19-9-5-4-6-10-19/h4-12,15-16,18,20H,13-14,17H2,1-3H3. The number of rotatable bonds is 6. The van der Waals surface area contributed by atoms with Gasteiger partial charge in [0, 0.05) is 25.2 Å². The van der Waals surface area contributed by atoms with E-state index in [0.717, 1.165) is 23.5 Å². The van der Waals surface area contributed by atoms with Gasteiger partial charge in [0.25, 0.3) is 11.8 Å². The lowest BCUT2D eigenvalue weighted by atomic mass is 9.92. The van der Waals surface area contributed by atoms with E-state index in [0.29, 0.717) is 29.4 Å². The number of hydrogen-bond donors (Lipinski definition) is 0. The molecule has 2 aromatic heterocycles. The SMILES string of the molecule is CON(C)C(=O)c1nc(C2CCC(C)N(C(=O)c3ccccc3-n3nccn3)C2)oc1-c1ccccc1. The van der Waals surface area contributed by atoms with E-state index in [1.54, 1.807) is 18.5 Å². The van der Waals surface area contributed by atoms with E-state index in [-0.39, 0.29) is 23.6 Å². The molecule has 4 aromatic rings. The van der Waals surface area contributed by atoms with Crippen LogP contribution in [-0.2, 0) is 4.84 Å². The number of oxazole rings is 1. The fraction of sp³-hybridized carbons (Fsp3) is 0.296. The lowest BCUT2D eigenvalue weighted by molar-refractivity contribution is -0.0760. The Morgan fingerprint density at radius 1 is 1.03 bits per heavy atom. The lowest BCUT2D eigenvalue weighted by Gasteiger charge is -2.37. The van der Waals surface area contributed by atoms with E-state index in [4.69, 9.17) is 9.25 Å². The third kappa shape index (κ3) is 4.75. The minimum Gasteiger partial charge on any atom is -0.439 e. The molecule has 2 unspecified atom stereocenters.